The fourth-order valence-electron chi connectivity index (χ4n) is 4.24. The minimum absolute atomic E-state index is 0.125. The van der Waals surface area contributed by atoms with Gasteiger partial charge < -0.3 is 14.6 Å². The van der Waals surface area contributed by atoms with Crippen LogP contribution in [0.3, 0.4) is 0 Å². The van der Waals surface area contributed by atoms with E-state index < -0.39 is 17.4 Å². The third-order valence-corrected chi connectivity index (χ3v) is 6.64. The fourth-order valence-corrected chi connectivity index (χ4v) is 4.24. The van der Waals surface area contributed by atoms with E-state index in [2.05, 4.69) is 27.7 Å². The maximum atomic E-state index is 13.4. The molecule has 0 saturated heterocycles. The van der Waals surface area contributed by atoms with Gasteiger partial charge in [0.1, 0.15) is 5.75 Å². The van der Waals surface area contributed by atoms with Gasteiger partial charge in [-0.05, 0) is 48.8 Å². The van der Waals surface area contributed by atoms with Gasteiger partial charge in [0.15, 0.2) is 5.41 Å². The van der Waals surface area contributed by atoms with Gasteiger partial charge in [-0.2, -0.15) is 0 Å². The molecular formula is C27H44O5. The first-order chi connectivity index (χ1) is 15.4. The number of unbranched alkanes of at least 4 members (excludes halogenated alkanes) is 2. The van der Waals surface area contributed by atoms with Crippen LogP contribution >= 0.6 is 0 Å². The molecule has 1 rings (SSSR count). The number of carboxylic acids is 1. The van der Waals surface area contributed by atoms with Gasteiger partial charge in [-0.15, -0.1) is 0 Å². The number of hydrogen-bond acceptors (Lipinski definition) is 4. The van der Waals surface area contributed by atoms with Crippen molar-refractivity contribution in [3.05, 3.63) is 29.8 Å². The molecule has 0 aliphatic heterocycles. The maximum absolute atomic E-state index is 13.4. The van der Waals surface area contributed by atoms with Crippen molar-refractivity contribution in [2.24, 2.45) is 17.3 Å². The molecule has 0 fully saturated rings. The third kappa shape index (κ3) is 8.48. The van der Waals surface area contributed by atoms with Crippen LogP contribution in [0.2, 0.25) is 0 Å². The number of ether oxygens (including phenoxy) is 2. The summed E-state index contributed by atoms with van der Waals surface area (Å²) in [5.41, 5.74) is -0.778. The molecule has 0 aliphatic carbocycles. The molecule has 0 aliphatic rings. The summed E-state index contributed by atoms with van der Waals surface area (Å²) in [7, 11) is 1.59. The van der Waals surface area contributed by atoms with Crippen LogP contribution in [0.15, 0.2) is 24.3 Å². The van der Waals surface area contributed by atoms with E-state index in [9.17, 15) is 14.7 Å². The van der Waals surface area contributed by atoms with Gasteiger partial charge in [-0.3, -0.25) is 9.59 Å². The Bertz CT molecular complexity index is 669. The average molecular weight is 449 g/mol. The number of aliphatic carboxylic acids is 1. The normalized spacial score (nSPS) is 14.9. The van der Waals surface area contributed by atoms with Gasteiger partial charge in [0.25, 0.3) is 0 Å². The Balaban J connectivity index is 3.18. The second-order valence-electron chi connectivity index (χ2n) is 9.05. The van der Waals surface area contributed by atoms with Crippen LogP contribution in [-0.4, -0.2) is 30.8 Å². The molecule has 3 unspecified atom stereocenters. The Morgan fingerprint density at radius 2 is 1.50 bits per heavy atom. The summed E-state index contributed by atoms with van der Waals surface area (Å²) in [6.45, 7) is 8.73. The Morgan fingerprint density at radius 1 is 0.938 bits per heavy atom. The standard InChI is InChI=1S/C27H44O5/c1-6-10-12-21(8-3)18-27(25(28)29,19-23-14-16-24(31-5)17-15-23)26(30)32-20-22(9-4)13-11-7-2/h14-17,21-22H,6-13,18-20H2,1-5H3,(H,28,29). The van der Waals surface area contributed by atoms with Crippen LogP contribution in [0.5, 0.6) is 5.75 Å². The van der Waals surface area contributed by atoms with Crippen LogP contribution in [0, 0.1) is 17.3 Å². The van der Waals surface area contributed by atoms with E-state index in [1.807, 2.05) is 12.1 Å². The summed E-state index contributed by atoms with van der Waals surface area (Å²) in [6.07, 6.45) is 8.36. The van der Waals surface area contributed by atoms with Crippen molar-refractivity contribution in [3.63, 3.8) is 0 Å². The van der Waals surface area contributed by atoms with Crippen molar-refractivity contribution in [3.8, 4) is 5.75 Å². The van der Waals surface area contributed by atoms with Gasteiger partial charge in [0.2, 0.25) is 0 Å². The van der Waals surface area contributed by atoms with Crippen molar-refractivity contribution < 1.29 is 24.2 Å². The SMILES string of the molecule is CCCCC(CC)COC(=O)C(Cc1ccc(OC)cc1)(CC(CC)CCCC)C(=O)O. The predicted molar refractivity (Wildman–Crippen MR) is 129 cm³/mol. The Hall–Kier alpha value is -2.04. The molecule has 0 amide bonds. The van der Waals surface area contributed by atoms with Crippen molar-refractivity contribution in [1.29, 1.82) is 0 Å². The third-order valence-electron chi connectivity index (χ3n) is 6.64. The molecule has 1 aromatic carbocycles. The van der Waals surface area contributed by atoms with Gasteiger partial charge in [-0.1, -0.05) is 84.8 Å². The average Bonchev–Trinajstić information content (AvgIpc) is 2.81. The van der Waals surface area contributed by atoms with Crippen LogP contribution in [0.4, 0.5) is 0 Å². The second kappa shape index (κ2) is 14.9. The Labute approximate surface area is 194 Å². The molecule has 182 valence electrons. The van der Waals surface area contributed by atoms with Crippen LogP contribution in [-0.2, 0) is 20.7 Å². The highest BCUT2D eigenvalue weighted by Crippen LogP contribution is 2.37. The number of hydrogen-bond donors (Lipinski definition) is 1. The number of carboxylic acid groups (broad SMARTS) is 1. The number of rotatable bonds is 17. The van der Waals surface area contributed by atoms with E-state index in [0.717, 1.165) is 56.9 Å². The van der Waals surface area contributed by atoms with Crippen LogP contribution < -0.4 is 4.74 Å². The van der Waals surface area contributed by atoms with Gasteiger partial charge in [0.05, 0.1) is 13.7 Å². The van der Waals surface area contributed by atoms with Gasteiger partial charge >= 0.3 is 11.9 Å². The molecule has 5 heteroatoms. The van der Waals surface area contributed by atoms with Crippen molar-refractivity contribution in [1.82, 2.24) is 0 Å². The largest absolute Gasteiger partial charge is 0.497 e. The molecule has 0 aromatic heterocycles. The number of carbonyl (C=O) groups is 2. The Kier molecular flexibility index (Phi) is 13.0. The monoisotopic (exact) mass is 448 g/mol. The number of benzene rings is 1. The lowest BCUT2D eigenvalue weighted by atomic mass is 9.73. The topological polar surface area (TPSA) is 72.8 Å². The van der Waals surface area contributed by atoms with Gasteiger partial charge in [0, 0.05) is 0 Å². The summed E-state index contributed by atoms with van der Waals surface area (Å²) in [6, 6.07) is 7.29. The number of methoxy groups -OCH3 is 1. The molecular weight excluding hydrogens is 404 g/mol. The summed E-state index contributed by atoms with van der Waals surface area (Å²) < 4.78 is 11.0. The highest BCUT2D eigenvalue weighted by Gasteiger charge is 2.49. The molecule has 5 nitrogen and oxygen atoms in total. The minimum atomic E-state index is -1.58. The van der Waals surface area contributed by atoms with E-state index in [1.54, 1.807) is 19.2 Å². The summed E-state index contributed by atoms with van der Waals surface area (Å²) in [5, 5.41) is 10.4. The maximum Gasteiger partial charge on any atom is 0.323 e. The second-order valence-corrected chi connectivity index (χ2v) is 9.05. The summed E-state index contributed by atoms with van der Waals surface area (Å²) in [4.78, 5) is 26.1. The molecule has 0 spiro atoms. The molecule has 0 heterocycles. The predicted octanol–water partition coefficient (Wildman–Crippen LogP) is 6.67. The first-order valence-electron chi connectivity index (χ1n) is 12.4. The smallest absolute Gasteiger partial charge is 0.323 e. The minimum Gasteiger partial charge on any atom is -0.497 e. The van der Waals surface area contributed by atoms with Crippen molar-refractivity contribution in [2.45, 2.75) is 91.9 Å². The zero-order chi connectivity index (χ0) is 24.0. The Morgan fingerprint density at radius 3 is 1.97 bits per heavy atom. The fraction of sp³-hybridized carbons (Fsp3) is 0.704. The lowest BCUT2D eigenvalue weighted by Crippen LogP contribution is -2.44. The quantitative estimate of drug-likeness (QED) is 0.213. The molecule has 32 heavy (non-hydrogen) atoms. The van der Waals surface area contributed by atoms with Crippen LogP contribution in [0.1, 0.15) is 91.0 Å². The van der Waals surface area contributed by atoms with E-state index in [1.165, 1.54) is 0 Å². The van der Waals surface area contributed by atoms with E-state index in [4.69, 9.17) is 9.47 Å². The zero-order valence-electron chi connectivity index (χ0n) is 20.8. The van der Waals surface area contributed by atoms with Gasteiger partial charge in [-0.25, -0.2) is 0 Å². The molecule has 1 aromatic rings. The van der Waals surface area contributed by atoms with Crippen molar-refractivity contribution in [2.75, 3.05) is 13.7 Å². The number of esters is 1. The van der Waals surface area contributed by atoms with E-state index in [0.29, 0.717) is 18.8 Å². The first kappa shape index (κ1) is 28.0. The highest BCUT2D eigenvalue weighted by atomic mass is 16.5. The molecule has 3 atom stereocenters. The summed E-state index contributed by atoms with van der Waals surface area (Å²) in [5.74, 6) is -0.540. The molecule has 0 saturated carbocycles. The zero-order valence-corrected chi connectivity index (χ0v) is 20.8. The summed E-state index contributed by atoms with van der Waals surface area (Å²) >= 11 is 0. The molecule has 0 bridgehead atoms. The molecule has 1 N–H and O–H groups in total. The van der Waals surface area contributed by atoms with Crippen LogP contribution in [0.25, 0.3) is 0 Å². The number of carbonyl (C=O) groups excluding carboxylic acids is 1. The van der Waals surface area contributed by atoms with E-state index >= 15 is 0 Å². The molecule has 0 radical (unpaired) electrons. The van der Waals surface area contributed by atoms with Crippen molar-refractivity contribution >= 4 is 11.9 Å². The lowest BCUT2D eigenvalue weighted by molar-refractivity contribution is -0.171. The first-order valence-corrected chi connectivity index (χ1v) is 12.4. The highest BCUT2D eigenvalue weighted by molar-refractivity contribution is 5.99. The van der Waals surface area contributed by atoms with E-state index in [-0.39, 0.29) is 18.3 Å². The lowest BCUT2D eigenvalue weighted by Gasteiger charge is -2.32.